The Morgan fingerprint density at radius 3 is 2.32 bits per heavy atom. The van der Waals surface area contributed by atoms with E-state index < -0.39 is 30.3 Å². The second-order valence-corrected chi connectivity index (χ2v) is 15.7. The molecule has 2 fully saturated rings. The summed E-state index contributed by atoms with van der Waals surface area (Å²) in [4.78, 5) is 76.6. The molecule has 2 aromatic heterocycles. The number of aromatic amines is 1. The number of fused-ring (bicyclic) bond motifs is 3. The number of aryl methyl sites for hydroxylation is 1. The number of ether oxygens (including phenoxy) is 1. The van der Waals surface area contributed by atoms with Gasteiger partial charge in [0.2, 0.25) is 11.8 Å². The average molecular weight is 805 g/mol. The largest absolute Gasteiger partial charge is 0.465 e. The lowest BCUT2D eigenvalue weighted by Gasteiger charge is -2.29. The van der Waals surface area contributed by atoms with Gasteiger partial charge >= 0.3 is 12.2 Å². The molecule has 0 spiro atoms. The van der Waals surface area contributed by atoms with Crippen molar-refractivity contribution in [2.75, 3.05) is 25.5 Å². The van der Waals surface area contributed by atoms with Gasteiger partial charge in [0.25, 0.3) is 5.91 Å². The molecule has 5 N–H and O–H groups in total. The number of anilines is 1. The minimum atomic E-state index is -1.23. The van der Waals surface area contributed by atoms with Crippen LogP contribution in [-0.4, -0.2) is 91.6 Å². The number of hydrogen-bond donors (Lipinski definition) is 5. The Kier molecular flexibility index (Phi) is 12.2. The van der Waals surface area contributed by atoms with Crippen LogP contribution in [0.15, 0.2) is 72.9 Å². The number of benzene rings is 3. The lowest BCUT2D eigenvalue weighted by molar-refractivity contribution is -0.138. The Bertz CT molecular complexity index is 2350. The fourth-order valence-corrected chi connectivity index (χ4v) is 8.49. The first-order valence-corrected chi connectivity index (χ1v) is 20.4. The number of alkyl carbamates (subject to hydrolysis) is 1. The van der Waals surface area contributed by atoms with Crippen molar-refractivity contribution in [3.8, 4) is 11.3 Å². The molecule has 5 amide bonds. The molecule has 4 heterocycles. The molecular weight excluding hydrogens is 753 g/mol. The predicted octanol–water partition coefficient (Wildman–Crippen LogP) is 6.97. The first-order valence-electron chi connectivity index (χ1n) is 20.4. The highest BCUT2D eigenvalue weighted by Crippen LogP contribution is 2.36. The van der Waals surface area contributed by atoms with E-state index in [0.29, 0.717) is 43.0 Å². The highest BCUT2D eigenvalue weighted by atomic mass is 16.5. The lowest BCUT2D eigenvalue weighted by atomic mass is 10.0. The number of nitrogens with zero attached hydrogens (tertiary/aromatic N) is 4. The molecule has 15 nitrogen and oxygen atoms in total. The molecule has 15 heteroatoms. The molecule has 2 aliphatic heterocycles. The quantitative estimate of drug-likeness (QED) is 0.0843. The summed E-state index contributed by atoms with van der Waals surface area (Å²) in [5.41, 5.74) is 4.93. The SMILES string of the molecule is CCCCn1c2cc(NC(=O)[C@@H]3CCCN3C(=O)C(NC(=O)OC)c3ccccc3)ccc2c2ccc(-c3cnc([C@@H]4CCCN4C(=O)C(NC(=O)O)C(C)C)[nH]3)cc21. The summed E-state index contributed by atoms with van der Waals surface area (Å²) >= 11 is 0. The van der Waals surface area contributed by atoms with Crippen molar-refractivity contribution in [3.05, 3.63) is 84.3 Å². The third-order valence-corrected chi connectivity index (χ3v) is 11.5. The molecule has 2 saturated heterocycles. The van der Waals surface area contributed by atoms with Crippen molar-refractivity contribution >= 4 is 57.4 Å². The lowest BCUT2D eigenvalue weighted by Crippen LogP contribution is -2.50. The molecular formula is C44H52N8O7. The number of aromatic nitrogens is 3. The number of rotatable bonds is 13. The third-order valence-electron chi connectivity index (χ3n) is 11.5. The zero-order valence-electron chi connectivity index (χ0n) is 33.9. The van der Waals surface area contributed by atoms with Crippen LogP contribution >= 0.6 is 0 Å². The number of amides is 5. The van der Waals surface area contributed by atoms with Crippen LogP contribution in [-0.2, 0) is 25.7 Å². The summed E-state index contributed by atoms with van der Waals surface area (Å²) in [5, 5.41) is 19.6. The second-order valence-electron chi connectivity index (χ2n) is 15.7. The zero-order valence-corrected chi connectivity index (χ0v) is 33.9. The number of methoxy groups -OCH3 is 1. The van der Waals surface area contributed by atoms with Crippen LogP contribution < -0.4 is 16.0 Å². The number of carbonyl (C=O) groups is 5. The van der Waals surface area contributed by atoms with Gasteiger partial charge in [0, 0.05) is 47.2 Å². The van der Waals surface area contributed by atoms with E-state index in [-0.39, 0.29) is 29.7 Å². The van der Waals surface area contributed by atoms with E-state index >= 15 is 0 Å². The van der Waals surface area contributed by atoms with Gasteiger partial charge in [-0.1, -0.05) is 75.7 Å². The second kappa shape index (κ2) is 17.6. The Balaban J connectivity index is 1.14. The van der Waals surface area contributed by atoms with E-state index in [0.717, 1.165) is 65.3 Å². The molecule has 59 heavy (non-hydrogen) atoms. The van der Waals surface area contributed by atoms with Crippen LogP contribution in [0.1, 0.15) is 82.8 Å². The molecule has 0 bridgehead atoms. The Morgan fingerprint density at radius 2 is 1.61 bits per heavy atom. The molecule has 2 unspecified atom stereocenters. The fourth-order valence-electron chi connectivity index (χ4n) is 8.49. The molecule has 3 aromatic carbocycles. The zero-order chi connectivity index (χ0) is 41.8. The van der Waals surface area contributed by atoms with E-state index in [2.05, 4.69) is 44.6 Å². The highest BCUT2D eigenvalue weighted by Gasteiger charge is 2.39. The van der Waals surface area contributed by atoms with E-state index in [1.54, 1.807) is 40.3 Å². The maximum atomic E-state index is 13.9. The van der Waals surface area contributed by atoms with Crippen LogP contribution in [0.5, 0.6) is 0 Å². The van der Waals surface area contributed by atoms with Crippen molar-refractivity contribution in [2.24, 2.45) is 5.92 Å². The van der Waals surface area contributed by atoms with E-state index in [1.807, 2.05) is 44.2 Å². The van der Waals surface area contributed by atoms with Crippen molar-refractivity contribution in [3.63, 3.8) is 0 Å². The van der Waals surface area contributed by atoms with Crippen molar-refractivity contribution in [2.45, 2.75) is 90.0 Å². The highest BCUT2D eigenvalue weighted by molar-refractivity contribution is 6.10. The van der Waals surface area contributed by atoms with Crippen molar-refractivity contribution in [1.29, 1.82) is 0 Å². The van der Waals surface area contributed by atoms with Gasteiger partial charge in [-0.2, -0.15) is 0 Å². The number of unbranched alkanes of at least 4 members (excludes halogenated alkanes) is 1. The van der Waals surface area contributed by atoms with Crippen LogP contribution in [0.4, 0.5) is 15.3 Å². The molecule has 7 rings (SSSR count). The van der Waals surface area contributed by atoms with Gasteiger partial charge in [-0.05, 0) is 61.8 Å². The third kappa shape index (κ3) is 8.45. The number of H-pyrrole nitrogens is 1. The van der Waals surface area contributed by atoms with Crippen LogP contribution in [0.2, 0.25) is 0 Å². The van der Waals surface area contributed by atoms with Gasteiger partial charge in [0.15, 0.2) is 0 Å². The first kappa shape index (κ1) is 40.8. The normalized spacial score (nSPS) is 17.6. The monoisotopic (exact) mass is 804 g/mol. The maximum absolute atomic E-state index is 13.9. The molecule has 5 aromatic rings. The Hall–Kier alpha value is -6.38. The molecule has 0 radical (unpaired) electrons. The van der Waals surface area contributed by atoms with Gasteiger partial charge in [-0.25, -0.2) is 14.6 Å². The molecule has 2 aliphatic rings. The minimum Gasteiger partial charge on any atom is -0.465 e. The summed E-state index contributed by atoms with van der Waals surface area (Å²) in [6, 6.07) is 18.2. The van der Waals surface area contributed by atoms with Gasteiger partial charge in [-0.15, -0.1) is 0 Å². The Morgan fingerprint density at radius 1 is 0.898 bits per heavy atom. The standard InChI is InChI=1S/C44H52N8O7/c1-5-6-20-50-35-23-28(32-25-45-39(47-32)33-14-10-21-51(33)41(54)37(26(2)3)48-43(56)57)16-18-30(35)31-19-17-29(24-36(31)50)46-40(53)34-15-11-22-52(34)42(55)38(49-44(58)59-4)27-12-8-7-9-13-27/h7-9,12-13,16-19,23-26,33-34,37-38,48H,5-6,10-11,14-15,20-22H2,1-4H3,(H,45,47)(H,46,53)(H,49,58)(H,56,57)/t33-,34-,37?,38?/m0/s1. The fraction of sp³-hybridized carbons (Fsp3) is 0.409. The molecule has 0 aliphatic carbocycles. The van der Waals surface area contributed by atoms with Crippen LogP contribution in [0, 0.1) is 5.92 Å². The van der Waals surface area contributed by atoms with Crippen molar-refractivity contribution in [1.82, 2.24) is 35.0 Å². The summed E-state index contributed by atoms with van der Waals surface area (Å²) in [6.45, 7) is 7.46. The van der Waals surface area contributed by atoms with E-state index in [1.165, 1.54) is 7.11 Å². The van der Waals surface area contributed by atoms with Gasteiger partial charge in [-0.3, -0.25) is 14.4 Å². The first-order chi connectivity index (χ1) is 28.5. The summed E-state index contributed by atoms with van der Waals surface area (Å²) in [7, 11) is 1.24. The summed E-state index contributed by atoms with van der Waals surface area (Å²) in [5.74, 6) is -0.478. The van der Waals surface area contributed by atoms with Gasteiger partial charge in [0.05, 0.1) is 30.6 Å². The minimum absolute atomic E-state index is 0.213. The predicted molar refractivity (Wildman–Crippen MR) is 223 cm³/mol. The number of carbonyl (C=O) groups excluding carboxylic acids is 4. The van der Waals surface area contributed by atoms with Gasteiger partial charge < -0.3 is 45.1 Å². The molecule has 4 atom stereocenters. The van der Waals surface area contributed by atoms with E-state index in [4.69, 9.17) is 9.72 Å². The van der Waals surface area contributed by atoms with Crippen molar-refractivity contribution < 1.29 is 33.8 Å². The maximum Gasteiger partial charge on any atom is 0.407 e. The topological polar surface area (TPSA) is 191 Å². The number of carboxylic acid groups (broad SMARTS) is 1. The summed E-state index contributed by atoms with van der Waals surface area (Å²) in [6.07, 6.45) is 4.38. The number of likely N-dealkylation sites (tertiary alicyclic amines) is 2. The molecule has 310 valence electrons. The van der Waals surface area contributed by atoms with E-state index in [9.17, 15) is 29.1 Å². The van der Waals surface area contributed by atoms with Gasteiger partial charge in [0.1, 0.15) is 23.9 Å². The van der Waals surface area contributed by atoms with Crippen LogP contribution in [0.25, 0.3) is 33.1 Å². The smallest absolute Gasteiger partial charge is 0.407 e. The number of hydrogen-bond acceptors (Lipinski definition) is 7. The number of imidazole rings is 1. The average Bonchev–Trinajstić information content (AvgIpc) is 4.06. The number of nitrogens with one attached hydrogen (secondary N) is 4. The Labute approximate surface area is 342 Å². The summed E-state index contributed by atoms with van der Waals surface area (Å²) < 4.78 is 7.08. The molecule has 0 saturated carbocycles. The van der Waals surface area contributed by atoms with Crippen LogP contribution in [0.3, 0.4) is 0 Å².